The third kappa shape index (κ3) is 5.61. The predicted octanol–water partition coefficient (Wildman–Crippen LogP) is 2.62. The van der Waals surface area contributed by atoms with Crippen LogP contribution in [0, 0.1) is 0 Å². The standard InChI is InChI=1S/C12H28N2/c1-5-8-9-14(11(4)6-2)10-12(13)7-3/h11-12H,5-10,13H2,1-4H3. The molecule has 0 aliphatic rings. The zero-order valence-electron chi connectivity index (χ0n) is 10.4. The van der Waals surface area contributed by atoms with E-state index in [1.54, 1.807) is 0 Å². The Labute approximate surface area is 89.9 Å². The van der Waals surface area contributed by atoms with Crippen molar-refractivity contribution < 1.29 is 0 Å². The number of rotatable bonds is 8. The summed E-state index contributed by atoms with van der Waals surface area (Å²) in [6.07, 6.45) is 4.87. The van der Waals surface area contributed by atoms with Crippen LogP contribution in [-0.2, 0) is 0 Å². The van der Waals surface area contributed by atoms with Gasteiger partial charge in [0, 0.05) is 18.6 Å². The van der Waals surface area contributed by atoms with Gasteiger partial charge in [0.05, 0.1) is 0 Å². The summed E-state index contributed by atoms with van der Waals surface area (Å²) >= 11 is 0. The van der Waals surface area contributed by atoms with E-state index in [0.717, 1.165) is 13.0 Å². The number of nitrogens with zero attached hydrogens (tertiary/aromatic N) is 1. The predicted molar refractivity (Wildman–Crippen MR) is 64.5 cm³/mol. The van der Waals surface area contributed by atoms with Crippen LogP contribution in [0.4, 0.5) is 0 Å². The second-order valence-electron chi connectivity index (χ2n) is 4.27. The summed E-state index contributed by atoms with van der Waals surface area (Å²) in [4.78, 5) is 2.54. The Balaban J connectivity index is 3.96. The lowest BCUT2D eigenvalue weighted by Crippen LogP contribution is -2.42. The highest BCUT2D eigenvalue weighted by molar-refractivity contribution is 4.71. The molecule has 2 heteroatoms. The summed E-state index contributed by atoms with van der Waals surface area (Å²) in [6.45, 7) is 11.2. The van der Waals surface area contributed by atoms with Crippen molar-refractivity contribution in [3.63, 3.8) is 0 Å². The molecule has 0 aromatic rings. The normalized spacial score (nSPS) is 15.9. The topological polar surface area (TPSA) is 29.3 Å². The van der Waals surface area contributed by atoms with Crippen molar-refractivity contribution in [2.45, 2.75) is 65.5 Å². The summed E-state index contributed by atoms with van der Waals surface area (Å²) in [6, 6.07) is 1.03. The van der Waals surface area contributed by atoms with Crippen LogP contribution in [0.15, 0.2) is 0 Å². The van der Waals surface area contributed by atoms with Crippen LogP contribution in [0.3, 0.4) is 0 Å². The average molecular weight is 200 g/mol. The molecule has 0 bridgehead atoms. The molecule has 0 aromatic carbocycles. The van der Waals surface area contributed by atoms with Gasteiger partial charge in [-0.15, -0.1) is 0 Å². The maximum absolute atomic E-state index is 6.00. The minimum atomic E-state index is 0.348. The van der Waals surface area contributed by atoms with Gasteiger partial charge in [-0.2, -0.15) is 0 Å². The van der Waals surface area contributed by atoms with Crippen molar-refractivity contribution in [3.05, 3.63) is 0 Å². The van der Waals surface area contributed by atoms with Gasteiger partial charge < -0.3 is 5.73 Å². The Bertz CT molecular complexity index is 125. The van der Waals surface area contributed by atoms with Gasteiger partial charge in [-0.05, 0) is 32.7 Å². The first-order chi connectivity index (χ1) is 6.65. The van der Waals surface area contributed by atoms with Crippen LogP contribution in [0.25, 0.3) is 0 Å². The molecule has 0 aromatic heterocycles. The quantitative estimate of drug-likeness (QED) is 0.652. The summed E-state index contributed by atoms with van der Waals surface area (Å²) < 4.78 is 0. The maximum atomic E-state index is 6.00. The van der Waals surface area contributed by atoms with Crippen LogP contribution >= 0.6 is 0 Å². The molecule has 0 spiro atoms. The minimum absolute atomic E-state index is 0.348. The molecule has 0 fully saturated rings. The Hall–Kier alpha value is -0.0800. The van der Waals surface area contributed by atoms with Crippen molar-refractivity contribution in [1.29, 1.82) is 0 Å². The Morgan fingerprint density at radius 2 is 1.79 bits per heavy atom. The summed E-state index contributed by atoms with van der Waals surface area (Å²) in [5.74, 6) is 0. The largest absolute Gasteiger partial charge is 0.327 e. The zero-order valence-corrected chi connectivity index (χ0v) is 10.4. The maximum Gasteiger partial charge on any atom is 0.0165 e. The molecule has 0 rings (SSSR count). The molecule has 2 atom stereocenters. The lowest BCUT2D eigenvalue weighted by Gasteiger charge is -2.30. The highest BCUT2D eigenvalue weighted by Gasteiger charge is 2.13. The molecule has 0 radical (unpaired) electrons. The lowest BCUT2D eigenvalue weighted by atomic mass is 10.1. The molecule has 14 heavy (non-hydrogen) atoms. The molecule has 0 aliphatic heterocycles. The molecule has 0 amide bonds. The minimum Gasteiger partial charge on any atom is -0.327 e. The second kappa shape index (κ2) is 8.25. The third-order valence-electron chi connectivity index (χ3n) is 3.01. The second-order valence-corrected chi connectivity index (χ2v) is 4.27. The number of unbranched alkanes of at least 4 members (excludes halogenated alkanes) is 1. The van der Waals surface area contributed by atoms with E-state index in [-0.39, 0.29) is 0 Å². The first-order valence-electron chi connectivity index (χ1n) is 6.15. The van der Waals surface area contributed by atoms with E-state index >= 15 is 0 Å². The fourth-order valence-corrected chi connectivity index (χ4v) is 1.54. The first-order valence-corrected chi connectivity index (χ1v) is 6.15. The van der Waals surface area contributed by atoms with E-state index in [9.17, 15) is 0 Å². The smallest absolute Gasteiger partial charge is 0.0165 e. The van der Waals surface area contributed by atoms with E-state index in [1.165, 1.54) is 25.8 Å². The molecule has 2 unspecified atom stereocenters. The van der Waals surface area contributed by atoms with Gasteiger partial charge in [-0.25, -0.2) is 0 Å². The molecule has 86 valence electrons. The molecule has 0 aliphatic carbocycles. The van der Waals surface area contributed by atoms with E-state index in [0.29, 0.717) is 12.1 Å². The van der Waals surface area contributed by atoms with Crippen LogP contribution in [0.1, 0.15) is 53.4 Å². The summed E-state index contributed by atoms with van der Waals surface area (Å²) in [5.41, 5.74) is 6.00. The van der Waals surface area contributed by atoms with Crippen LogP contribution in [0.5, 0.6) is 0 Å². The van der Waals surface area contributed by atoms with Gasteiger partial charge in [0.15, 0.2) is 0 Å². The molecule has 2 N–H and O–H groups in total. The van der Waals surface area contributed by atoms with E-state index < -0.39 is 0 Å². The third-order valence-corrected chi connectivity index (χ3v) is 3.01. The van der Waals surface area contributed by atoms with Crippen molar-refractivity contribution in [2.75, 3.05) is 13.1 Å². The number of hydrogen-bond acceptors (Lipinski definition) is 2. The van der Waals surface area contributed by atoms with Gasteiger partial charge in [0.1, 0.15) is 0 Å². The SMILES string of the molecule is CCCCN(CC(N)CC)C(C)CC. The van der Waals surface area contributed by atoms with Crippen molar-refractivity contribution in [2.24, 2.45) is 5.73 Å². The highest BCUT2D eigenvalue weighted by Crippen LogP contribution is 2.07. The molecular weight excluding hydrogens is 172 g/mol. The summed E-state index contributed by atoms with van der Waals surface area (Å²) in [5, 5.41) is 0. The van der Waals surface area contributed by atoms with Crippen molar-refractivity contribution in [3.8, 4) is 0 Å². The molecular formula is C12H28N2. The first kappa shape index (κ1) is 13.9. The Morgan fingerprint density at radius 3 is 2.21 bits per heavy atom. The van der Waals surface area contributed by atoms with Gasteiger partial charge in [-0.3, -0.25) is 4.90 Å². The fourth-order valence-electron chi connectivity index (χ4n) is 1.54. The zero-order chi connectivity index (χ0) is 11.0. The highest BCUT2D eigenvalue weighted by atomic mass is 15.2. The van der Waals surface area contributed by atoms with E-state index in [4.69, 9.17) is 5.73 Å². The fraction of sp³-hybridized carbons (Fsp3) is 1.00. The van der Waals surface area contributed by atoms with E-state index in [1.807, 2.05) is 0 Å². The Morgan fingerprint density at radius 1 is 1.14 bits per heavy atom. The summed E-state index contributed by atoms with van der Waals surface area (Å²) in [7, 11) is 0. The van der Waals surface area contributed by atoms with Crippen LogP contribution < -0.4 is 5.73 Å². The van der Waals surface area contributed by atoms with Gasteiger partial charge in [0.25, 0.3) is 0 Å². The van der Waals surface area contributed by atoms with Crippen molar-refractivity contribution in [1.82, 2.24) is 4.90 Å². The van der Waals surface area contributed by atoms with Gasteiger partial charge >= 0.3 is 0 Å². The molecule has 0 saturated heterocycles. The molecule has 0 heterocycles. The van der Waals surface area contributed by atoms with Crippen LogP contribution in [-0.4, -0.2) is 30.1 Å². The lowest BCUT2D eigenvalue weighted by molar-refractivity contribution is 0.187. The van der Waals surface area contributed by atoms with E-state index in [2.05, 4.69) is 32.6 Å². The number of nitrogens with two attached hydrogens (primary N) is 1. The van der Waals surface area contributed by atoms with Gasteiger partial charge in [0.2, 0.25) is 0 Å². The molecule has 0 saturated carbocycles. The molecule has 2 nitrogen and oxygen atoms in total. The Kier molecular flexibility index (Phi) is 8.20. The average Bonchev–Trinajstić information content (AvgIpc) is 2.22. The van der Waals surface area contributed by atoms with Gasteiger partial charge in [-0.1, -0.05) is 27.2 Å². The van der Waals surface area contributed by atoms with Crippen LogP contribution in [0.2, 0.25) is 0 Å². The number of hydrogen-bond donors (Lipinski definition) is 1. The monoisotopic (exact) mass is 200 g/mol. The van der Waals surface area contributed by atoms with Crippen molar-refractivity contribution >= 4 is 0 Å².